The molecule has 0 unspecified atom stereocenters. The molecule has 0 spiro atoms. The third-order valence-electron chi connectivity index (χ3n) is 6.02. The van der Waals surface area contributed by atoms with Gasteiger partial charge in [0, 0.05) is 24.3 Å². The van der Waals surface area contributed by atoms with Crippen LogP contribution >= 0.6 is 0 Å². The number of ether oxygens (including phenoxy) is 3. The van der Waals surface area contributed by atoms with E-state index in [4.69, 9.17) is 14.2 Å². The summed E-state index contributed by atoms with van der Waals surface area (Å²) < 4.78 is 19.4. The van der Waals surface area contributed by atoms with Crippen molar-refractivity contribution >= 4 is 24.3 Å². The lowest BCUT2D eigenvalue weighted by atomic mass is 10.0. The monoisotopic (exact) mass is 472 g/mol. The van der Waals surface area contributed by atoms with Gasteiger partial charge in [0.2, 0.25) is 11.4 Å². The highest BCUT2D eigenvalue weighted by Crippen LogP contribution is 2.33. The van der Waals surface area contributed by atoms with Gasteiger partial charge in [0.1, 0.15) is 12.8 Å². The Morgan fingerprint density at radius 1 is 0.743 bits per heavy atom. The normalized spacial score (nSPS) is 11.4. The molecule has 3 aromatic rings. The maximum Gasteiger partial charge on any atom is 0.205 e. The fraction of sp³-hybridized carbons (Fsp3) is 0.323. The van der Waals surface area contributed by atoms with Crippen LogP contribution in [0.5, 0.6) is 17.2 Å². The predicted molar refractivity (Wildman–Crippen MR) is 146 cm³/mol. The summed E-state index contributed by atoms with van der Waals surface area (Å²) in [6.07, 6.45) is 9.52. The molecule has 4 heteroatoms. The van der Waals surface area contributed by atoms with Crippen molar-refractivity contribution in [1.82, 2.24) is 0 Å². The Labute approximate surface area is 210 Å². The molecule has 0 aliphatic rings. The second-order valence-corrected chi connectivity index (χ2v) is 8.52. The summed E-state index contributed by atoms with van der Waals surface area (Å²) in [4.78, 5) is 0. The van der Waals surface area contributed by atoms with Crippen molar-refractivity contribution in [1.29, 1.82) is 0 Å². The predicted octanol–water partition coefficient (Wildman–Crippen LogP) is 6.84. The van der Waals surface area contributed by atoms with Crippen LogP contribution in [0.2, 0.25) is 0 Å². The first-order valence-electron chi connectivity index (χ1n) is 12.3. The van der Waals surface area contributed by atoms with Gasteiger partial charge in [0.25, 0.3) is 0 Å². The van der Waals surface area contributed by atoms with E-state index >= 15 is 0 Å². The van der Waals surface area contributed by atoms with Crippen LogP contribution in [0, 0.1) is 13.8 Å². The summed E-state index contributed by atoms with van der Waals surface area (Å²) in [5.41, 5.74) is 7.96. The molecule has 1 aromatic heterocycles. The largest absolute Gasteiger partial charge is 0.493 e. The molecule has 0 amide bonds. The number of hydrogen-bond donors (Lipinski definition) is 0. The van der Waals surface area contributed by atoms with E-state index in [2.05, 4.69) is 86.2 Å². The molecule has 0 radical (unpaired) electrons. The number of nitrogens with zero attached hydrogens (tertiary/aromatic N) is 1. The summed E-state index contributed by atoms with van der Waals surface area (Å²) in [6, 6.07) is 14.9. The second-order valence-electron chi connectivity index (χ2n) is 8.52. The van der Waals surface area contributed by atoms with Crippen LogP contribution in [0.25, 0.3) is 24.3 Å². The van der Waals surface area contributed by atoms with E-state index in [-0.39, 0.29) is 0 Å². The Morgan fingerprint density at radius 3 is 1.83 bits per heavy atom. The topological polar surface area (TPSA) is 31.6 Å². The van der Waals surface area contributed by atoms with Crippen molar-refractivity contribution in [3.8, 4) is 17.2 Å². The summed E-state index contributed by atoms with van der Waals surface area (Å²) in [5.74, 6) is 2.58. The average molecular weight is 473 g/mol. The molecule has 2 aromatic carbocycles. The third-order valence-corrected chi connectivity index (χ3v) is 6.02. The van der Waals surface area contributed by atoms with Gasteiger partial charge < -0.3 is 14.2 Å². The number of aromatic nitrogens is 1. The zero-order valence-electron chi connectivity index (χ0n) is 22.1. The van der Waals surface area contributed by atoms with Crippen molar-refractivity contribution < 1.29 is 18.8 Å². The maximum absolute atomic E-state index is 5.86. The van der Waals surface area contributed by atoms with E-state index in [1.807, 2.05) is 26.8 Å². The van der Waals surface area contributed by atoms with E-state index in [1.54, 1.807) is 7.11 Å². The molecule has 0 saturated heterocycles. The molecule has 0 aliphatic carbocycles. The van der Waals surface area contributed by atoms with E-state index < -0.39 is 0 Å². The first-order valence-corrected chi connectivity index (χ1v) is 12.3. The van der Waals surface area contributed by atoms with Gasteiger partial charge in [-0.15, -0.1) is 0 Å². The molecule has 0 saturated carbocycles. The van der Waals surface area contributed by atoms with Crippen LogP contribution in [-0.2, 0) is 13.5 Å². The molecule has 0 bridgehead atoms. The highest BCUT2D eigenvalue weighted by atomic mass is 16.5. The number of aryl methyl sites for hydroxylation is 3. The number of methoxy groups -OCH3 is 1. The van der Waals surface area contributed by atoms with Crippen LogP contribution in [0.3, 0.4) is 0 Å². The van der Waals surface area contributed by atoms with Crippen molar-refractivity contribution in [3.05, 3.63) is 81.7 Å². The SMILES string of the molecule is CCOc1c(C)cc(/C=C/c2cccc(/C=C/c3cc(C)c(OCC)c(OC)c3)[n+]2C)cc1CC. The smallest absolute Gasteiger partial charge is 0.205 e. The van der Waals surface area contributed by atoms with Crippen LogP contribution in [0.15, 0.2) is 42.5 Å². The van der Waals surface area contributed by atoms with Crippen LogP contribution in [-0.4, -0.2) is 20.3 Å². The zero-order valence-corrected chi connectivity index (χ0v) is 22.1. The first-order chi connectivity index (χ1) is 16.9. The minimum Gasteiger partial charge on any atom is -0.493 e. The van der Waals surface area contributed by atoms with Crippen LogP contribution < -0.4 is 18.8 Å². The van der Waals surface area contributed by atoms with E-state index in [0.29, 0.717) is 13.2 Å². The highest BCUT2D eigenvalue weighted by molar-refractivity contribution is 5.71. The van der Waals surface area contributed by atoms with Crippen molar-refractivity contribution in [2.75, 3.05) is 20.3 Å². The third kappa shape index (κ3) is 6.33. The van der Waals surface area contributed by atoms with Crippen molar-refractivity contribution in [2.24, 2.45) is 7.05 Å². The second kappa shape index (κ2) is 12.3. The molecule has 184 valence electrons. The minimum atomic E-state index is 0.610. The summed E-state index contributed by atoms with van der Waals surface area (Å²) in [6.45, 7) is 11.6. The van der Waals surface area contributed by atoms with Gasteiger partial charge in [0.15, 0.2) is 11.5 Å². The molecule has 1 heterocycles. The number of hydrogen-bond acceptors (Lipinski definition) is 3. The standard InChI is InChI=1S/C31H38NO3/c1-8-26-20-24(18-22(4)30(26)34-9-2)14-16-27-12-11-13-28(32(27)6)17-15-25-19-23(5)31(35-10-3)29(21-25)33-7/h11-21H,8-10H2,1-7H3/q+1/b16-14+,17-15+. The Morgan fingerprint density at radius 2 is 1.29 bits per heavy atom. The molecule has 0 aliphatic heterocycles. The Balaban J connectivity index is 1.87. The van der Waals surface area contributed by atoms with E-state index in [9.17, 15) is 0 Å². The maximum atomic E-state index is 5.86. The Kier molecular flexibility index (Phi) is 9.13. The minimum absolute atomic E-state index is 0.610. The molecule has 0 N–H and O–H groups in total. The van der Waals surface area contributed by atoms with Crippen LogP contribution in [0.4, 0.5) is 0 Å². The summed E-state index contributed by atoms with van der Waals surface area (Å²) in [5, 5.41) is 0. The Bertz CT molecular complexity index is 1130. The quantitative estimate of drug-likeness (QED) is 0.303. The van der Waals surface area contributed by atoms with Gasteiger partial charge in [0.05, 0.1) is 20.3 Å². The van der Waals surface area contributed by atoms with E-state index in [1.165, 1.54) is 16.7 Å². The molecular weight excluding hydrogens is 434 g/mol. The number of benzene rings is 2. The first kappa shape index (κ1) is 26.1. The summed E-state index contributed by atoms with van der Waals surface area (Å²) in [7, 11) is 3.76. The van der Waals surface area contributed by atoms with Gasteiger partial charge in [-0.2, -0.15) is 4.57 Å². The van der Waals surface area contributed by atoms with Crippen molar-refractivity contribution in [3.63, 3.8) is 0 Å². The van der Waals surface area contributed by atoms with Crippen molar-refractivity contribution in [2.45, 2.75) is 41.0 Å². The lowest BCUT2D eigenvalue weighted by Crippen LogP contribution is -2.35. The van der Waals surface area contributed by atoms with Gasteiger partial charge in [-0.3, -0.25) is 0 Å². The molecule has 3 rings (SSSR count). The zero-order chi connectivity index (χ0) is 25.4. The fourth-order valence-electron chi connectivity index (χ4n) is 4.25. The molecular formula is C31H38NO3+. The fourth-order valence-corrected chi connectivity index (χ4v) is 4.25. The lowest BCUT2D eigenvalue weighted by molar-refractivity contribution is -0.675. The molecule has 0 fully saturated rings. The molecule has 4 nitrogen and oxygen atoms in total. The summed E-state index contributed by atoms with van der Waals surface area (Å²) >= 11 is 0. The van der Waals surface area contributed by atoms with Gasteiger partial charge in [-0.25, -0.2) is 0 Å². The van der Waals surface area contributed by atoms with Gasteiger partial charge in [-0.05, 0) is 104 Å². The van der Waals surface area contributed by atoms with Gasteiger partial charge in [-0.1, -0.05) is 6.92 Å². The van der Waals surface area contributed by atoms with Gasteiger partial charge >= 0.3 is 0 Å². The number of pyridine rings is 1. The average Bonchev–Trinajstić information content (AvgIpc) is 2.85. The lowest BCUT2D eigenvalue weighted by Gasteiger charge is -2.13. The highest BCUT2D eigenvalue weighted by Gasteiger charge is 2.11. The molecule has 35 heavy (non-hydrogen) atoms. The number of rotatable bonds is 10. The van der Waals surface area contributed by atoms with Crippen LogP contribution in [0.1, 0.15) is 60.0 Å². The molecule has 0 atom stereocenters. The van der Waals surface area contributed by atoms with E-state index in [0.717, 1.165) is 46.2 Å². The Hall–Kier alpha value is -3.53.